The van der Waals surface area contributed by atoms with Crippen LogP contribution in [0.1, 0.15) is 36.8 Å². The summed E-state index contributed by atoms with van der Waals surface area (Å²) in [5.74, 6) is 0.0651. The molecule has 0 saturated carbocycles. The van der Waals surface area contributed by atoms with E-state index in [2.05, 4.69) is 29.0 Å². The van der Waals surface area contributed by atoms with E-state index in [0.717, 1.165) is 44.6 Å². The van der Waals surface area contributed by atoms with Crippen molar-refractivity contribution in [3.63, 3.8) is 0 Å². The zero-order valence-electron chi connectivity index (χ0n) is 15.5. The maximum absolute atomic E-state index is 12.5. The van der Waals surface area contributed by atoms with Crippen LogP contribution in [0.5, 0.6) is 0 Å². The summed E-state index contributed by atoms with van der Waals surface area (Å²) in [7, 11) is 0. The third kappa shape index (κ3) is 4.60. The van der Waals surface area contributed by atoms with Crippen molar-refractivity contribution in [1.82, 2.24) is 9.80 Å². The quantitative estimate of drug-likeness (QED) is 0.830. The fourth-order valence-electron chi connectivity index (χ4n) is 4.13. The molecular formula is C20H31N3O2. The second-order valence-electron chi connectivity index (χ2n) is 7.59. The number of likely N-dealkylation sites (tertiary alicyclic amines) is 2. The number of nitrogens with zero attached hydrogens (tertiary/aromatic N) is 2. The van der Waals surface area contributed by atoms with E-state index in [9.17, 15) is 9.90 Å². The second kappa shape index (κ2) is 8.30. The van der Waals surface area contributed by atoms with Crippen molar-refractivity contribution in [1.29, 1.82) is 0 Å². The number of benzene rings is 1. The van der Waals surface area contributed by atoms with Gasteiger partial charge in [-0.05, 0) is 75.9 Å². The summed E-state index contributed by atoms with van der Waals surface area (Å²) in [5, 5.41) is 12.5. The van der Waals surface area contributed by atoms with Gasteiger partial charge < -0.3 is 10.4 Å². The van der Waals surface area contributed by atoms with Crippen LogP contribution in [0.4, 0.5) is 5.69 Å². The molecular weight excluding hydrogens is 314 g/mol. The minimum atomic E-state index is 0.0651. The lowest BCUT2D eigenvalue weighted by atomic mass is 10.1. The van der Waals surface area contributed by atoms with Gasteiger partial charge in [0, 0.05) is 24.3 Å². The zero-order valence-corrected chi connectivity index (χ0v) is 15.5. The highest BCUT2D eigenvalue weighted by molar-refractivity contribution is 5.92. The molecule has 2 aliphatic heterocycles. The lowest BCUT2D eigenvalue weighted by Crippen LogP contribution is -2.45. The summed E-state index contributed by atoms with van der Waals surface area (Å²) in [5.41, 5.74) is 3.31. The van der Waals surface area contributed by atoms with Gasteiger partial charge in [0.05, 0.1) is 13.2 Å². The number of hydrogen-bond donors (Lipinski definition) is 2. The number of carbonyl (C=O) groups excluding carboxylic acids is 1. The Morgan fingerprint density at radius 1 is 1.12 bits per heavy atom. The molecule has 1 aromatic rings. The third-order valence-corrected chi connectivity index (χ3v) is 5.79. The minimum absolute atomic E-state index is 0.0651. The van der Waals surface area contributed by atoms with E-state index in [1.807, 2.05) is 18.2 Å². The van der Waals surface area contributed by atoms with Gasteiger partial charge in [0.1, 0.15) is 0 Å². The average molecular weight is 345 g/mol. The first kappa shape index (κ1) is 18.4. The molecule has 5 heteroatoms. The smallest absolute Gasteiger partial charge is 0.238 e. The lowest BCUT2D eigenvalue weighted by molar-refractivity contribution is -0.117. The second-order valence-corrected chi connectivity index (χ2v) is 7.59. The van der Waals surface area contributed by atoms with Crippen LogP contribution in [0.25, 0.3) is 0 Å². The SMILES string of the molecule is Cc1ccc(NC(=O)CN2CCCC2CN2CCCC2CO)cc1C. The fraction of sp³-hybridized carbons (Fsp3) is 0.650. The van der Waals surface area contributed by atoms with Crippen LogP contribution >= 0.6 is 0 Å². The van der Waals surface area contributed by atoms with E-state index in [0.29, 0.717) is 18.6 Å². The molecule has 2 aliphatic rings. The fourth-order valence-corrected chi connectivity index (χ4v) is 4.13. The van der Waals surface area contributed by atoms with Gasteiger partial charge in [-0.15, -0.1) is 0 Å². The predicted molar refractivity (Wildman–Crippen MR) is 101 cm³/mol. The van der Waals surface area contributed by atoms with Crippen LogP contribution in [0.3, 0.4) is 0 Å². The van der Waals surface area contributed by atoms with E-state index in [4.69, 9.17) is 0 Å². The van der Waals surface area contributed by atoms with Crippen molar-refractivity contribution in [3.05, 3.63) is 29.3 Å². The Hall–Kier alpha value is -1.43. The minimum Gasteiger partial charge on any atom is -0.395 e. The molecule has 0 bridgehead atoms. The number of rotatable bonds is 6. The summed E-state index contributed by atoms with van der Waals surface area (Å²) in [6.07, 6.45) is 4.56. The Balaban J connectivity index is 1.53. The van der Waals surface area contributed by atoms with E-state index < -0.39 is 0 Å². The molecule has 0 radical (unpaired) electrons. The van der Waals surface area contributed by atoms with Crippen molar-refractivity contribution in [2.45, 2.75) is 51.6 Å². The van der Waals surface area contributed by atoms with Crippen molar-refractivity contribution < 1.29 is 9.90 Å². The molecule has 3 rings (SSSR count). The van der Waals surface area contributed by atoms with Crippen molar-refractivity contribution in [2.24, 2.45) is 0 Å². The molecule has 1 aromatic carbocycles. The van der Waals surface area contributed by atoms with Crippen LogP contribution in [-0.2, 0) is 4.79 Å². The Kier molecular flexibility index (Phi) is 6.10. The zero-order chi connectivity index (χ0) is 17.8. The van der Waals surface area contributed by atoms with Gasteiger partial charge in [-0.3, -0.25) is 14.6 Å². The van der Waals surface area contributed by atoms with E-state index >= 15 is 0 Å². The number of anilines is 1. The van der Waals surface area contributed by atoms with Gasteiger partial charge in [-0.25, -0.2) is 0 Å². The van der Waals surface area contributed by atoms with Gasteiger partial charge in [0.25, 0.3) is 0 Å². The van der Waals surface area contributed by atoms with Crippen molar-refractivity contribution >= 4 is 11.6 Å². The number of aryl methyl sites for hydroxylation is 2. The number of hydrogen-bond acceptors (Lipinski definition) is 4. The summed E-state index contributed by atoms with van der Waals surface area (Å²) < 4.78 is 0. The van der Waals surface area contributed by atoms with E-state index in [-0.39, 0.29) is 12.5 Å². The normalized spacial score (nSPS) is 24.8. The molecule has 0 aromatic heterocycles. The Labute approximate surface area is 151 Å². The predicted octanol–water partition coefficient (Wildman–Crippen LogP) is 2.16. The number of nitrogens with one attached hydrogen (secondary N) is 1. The molecule has 25 heavy (non-hydrogen) atoms. The summed E-state index contributed by atoms with van der Waals surface area (Å²) in [6, 6.07) is 6.79. The maximum Gasteiger partial charge on any atom is 0.238 e. The molecule has 2 saturated heterocycles. The number of aliphatic hydroxyl groups is 1. The van der Waals surface area contributed by atoms with Gasteiger partial charge in [-0.1, -0.05) is 6.07 Å². The van der Waals surface area contributed by atoms with Crippen LogP contribution in [-0.4, -0.2) is 65.7 Å². The Morgan fingerprint density at radius 2 is 1.84 bits per heavy atom. The first-order chi connectivity index (χ1) is 12.1. The monoisotopic (exact) mass is 345 g/mol. The Morgan fingerprint density at radius 3 is 2.56 bits per heavy atom. The van der Waals surface area contributed by atoms with Crippen LogP contribution in [0, 0.1) is 13.8 Å². The van der Waals surface area contributed by atoms with Crippen LogP contribution in [0.15, 0.2) is 18.2 Å². The summed E-state index contributed by atoms with van der Waals surface area (Å²) in [6.45, 7) is 7.88. The molecule has 2 atom stereocenters. The molecule has 2 fully saturated rings. The molecule has 1 amide bonds. The lowest BCUT2D eigenvalue weighted by Gasteiger charge is -2.31. The van der Waals surface area contributed by atoms with Crippen molar-refractivity contribution in [3.8, 4) is 0 Å². The van der Waals surface area contributed by atoms with Gasteiger partial charge in [0.2, 0.25) is 5.91 Å². The number of aliphatic hydroxyl groups excluding tert-OH is 1. The van der Waals surface area contributed by atoms with E-state index in [1.165, 1.54) is 17.5 Å². The highest BCUT2D eigenvalue weighted by atomic mass is 16.3. The Bertz CT molecular complexity index is 605. The number of carbonyl (C=O) groups is 1. The first-order valence-electron chi connectivity index (χ1n) is 9.53. The summed E-state index contributed by atoms with van der Waals surface area (Å²) in [4.78, 5) is 17.2. The van der Waals surface area contributed by atoms with E-state index in [1.54, 1.807) is 0 Å². The highest BCUT2D eigenvalue weighted by Gasteiger charge is 2.31. The first-order valence-corrected chi connectivity index (χ1v) is 9.53. The molecule has 0 aliphatic carbocycles. The standard InChI is InChI=1S/C20H31N3O2/c1-15-7-8-17(11-16(15)2)21-20(25)13-23-10-3-5-18(23)12-22-9-4-6-19(22)14-24/h7-8,11,18-19,24H,3-6,9-10,12-14H2,1-2H3,(H,21,25). The summed E-state index contributed by atoms with van der Waals surface area (Å²) >= 11 is 0. The molecule has 0 spiro atoms. The molecule has 2 heterocycles. The van der Waals surface area contributed by atoms with Crippen LogP contribution < -0.4 is 5.32 Å². The topological polar surface area (TPSA) is 55.8 Å². The maximum atomic E-state index is 12.5. The van der Waals surface area contributed by atoms with Gasteiger partial charge in [0.15, 0.2) is 0 Å². The average Bonchev–Trinajstić information content (AvgIpc) is 3.21. The molecule has 5 nitrogen and oxygen atoms in total. The molecule has 2 unspecified atom stereocenters. The van der Waals surface area contributed by atoms with Crippen molar-refractivity contribution in [2.75, 3.05) is 38.1 Å². The third-order valence-electron chi connectivity index (χ3n) is 5.79. The largest absolute Gasteiger partial charge is 0.395 e. The highest BCUT2D eigenvalue weighted by Crippen LogP contribution is 2.23. The molecule has 2 N–H and O–H groups in total. The van der Waals surface area contributed by atoms with Gasteiger partial charge >= 0.3 is 0 Å². The number of amides is 1. The van der Waals surface area contributed by atoms with Gasteiger partial charge in [-0.2, -0.15) is 0 Å². The van der Waals surface area contributed by atoms with Crippen LogP contribution in [0.2, 0.25) is 0 Å². The molecule has 138 valence electrons.